The molecule has 1 aromatic heterocycles. The minimum Gasteiger partial charge on any atom is -0.313 e. The van der Waals surface area contributed by atoms with Gasteiger partial charge in [0.25, 0.3) is 0 Å². The SMILES string of the molecule is Cn1nccc1C1(C2CCCN2)CCC1. The predicted molar refractivity (Wildman–Crippen MR) is 59.8 cm³/mol. The summed E-state index contributed by atoms with van der Waals surface area (Å²) < 4.78 is 2.07. The third-order valence-electron chi connectivity index (χ3n) is 4.30. The van der Waals surface area contributed by atoms with Crippen LogP contribution in [0.15, 0.2) is 12.3 Å². The molecule has 1 N–H and O–H groups in total. The lowest BCUT2D eigenvalue weighted by molar-refractivity contribution is 0.170. The Morgan fingerprint density at radius 3 is 2.80 bits per heavy atom. The molecule has 0 amide bonds. The van der Waals surface area contributed by atoms with Gasteiger partial charge >= 0.3 is 0 Å². The minimum absolute atomic E-state index is 0.405. The molecule has 0 spiro atoms. The van der Waals surface area contributed by atoms with Crippen LogP contribution < -0.4 is 5.32 Å². The van der Waals surface area contributed by atoms with Gasteiger partial charge in [-0.1, -0.05) is 6.42 Å². The summed E-state index contributed by atoms with van der Waals surface area (Å²) in [5, 5.41) is 8.00. The van der Waals surface area contributed by atoms with E-state index < -0.39 is 0 Å². The Morgan fingerprint density at radius 2 is 2.33 bits per heavy atom. The molecule has 0 radical (unpaired) electrons. The first-order valence-electron chi connectivity index (χ1n) is 6.05. The fourth-order valence-electron chi connectivity index (χ4n) is 3.36. The summed E-state index contributed by atoms with van der Waals surface area (Å²) in [5.74, 6) is 0. The Morgan fingerprint density at radius 1 is 1.47 bits per heavy atom. The van der Waals surface area contributed by atoms with E-state index in [2.05, 4.69) is 28.2 Å². The quantitative estimate of drug-likeness (QED) is 0.794. The summed E-state index contributed by atoms with van der Waals surface area (Å²) in [6.07, 6.45) is 8.66. The van der Waals surface area contributed by atoms with Gasteiger partial charge in [0.05, 0.1) is 0 Å². The minimum atomic E-state index is 0.405. The van der Waals surface area contributed by atoms with Crippen molar-refractivity contribution in [2.45, 2.75) is 43.6 Å². The lowest BCUT2D eigenvalue weighted by Gasteiger charge is -2.46. The van der Waals surface area contributed by atoms with Crippen molar-refractivity contribution in [2.75, 3.05) is 6.54 Å². The summed E-state index contributed by atoms with van der Waals surface area (Å²) in [6.45, 7) is 1.20. The molecule has 1 saturated carbocycles. The zero-order valence-electron chi connectivity index (χ0n) is 9.37. The number of hydrogen-bond acceptors (Lipinski definition) is 2. The van der Waals surface area contributed by atoms with Crippen molar-refractivity contribution in [1.29, 1.82) is 0 Å². The molecule has 1 aliphatic carbocycles. The standard InChI is InChI=1S/C12H19N3/c1-15-11(5-9-14-15)12(6-3-7-12)10-4-2-8-13-10/h5,9-10,13H,2-4,6-8H2,1H3. The van der Waals surface area contributed by atoms with Crippen LogP contribution in [0.25, 0.3) is 0 Å². The van der Waals surface area contributed by atoms with E-state index in [-0.39, 0.29) is 0 Å². The van der Waals surface area contributed by atoms with E-state index in [1.807, 2.05) is 6.20 Å². The highest BCUT2D eigenvalue weighted by atomic mass is 15.3. The van der Waals surface area contributed by atoms with Gasteiger partial charge in [0.2, 0.25) is 0 Å². The van der Waals surface area contributed by atoms with Gasteiger partial charge in [0.1, 0.15) is 0 Å². The van der Waals surface area contributed by atoms with Gasteiger partial charge in [-0.2, -0.15) is 5.10 Å². The van der Waals surface area contributed by atoms with Gasteiger partial charge in [0.15, 0.2) is 0 Å². The third-order valence-corrected chi connectivity index (χ3v) is 4.30. The van der Waals surface area contributed by atoms with Crippen LogP contribution >= 0.6 is 0 Å². The molecule has 2 aliphatic rings. The van der Waals surface area contributed by atoms with E-state index in [0.29, 0.717) is 11.5 Å². The van der Waals surface area contributed by atoms with Gasteiger partial charge in [-0.3, -0.25) is 4.68 Å². The van der Waals surface area contributed by atoms with Gasteiger partial charge in [-0.05, 0) is 38.3 Å². The lowest BCUT2D eigenvalue weighted by Crippen LogP contribution is -2.51. The predicted octanol–water partition coefficient (Wildman–Crippen LogP) is 1.59. The van der Waals surface area contributed by atoms with Gasteiger partial charge in [-0.25, -0.2) is 0 Å². The summed E-state index contributed by atoms with van der Waals surface area (Å²) >= 11 is 0. The summed E-state index contributed by atoms with van der Waals surface area (Å²) in [6, 6.07) is 2.90. The number of aromatic nitrogens is 2. The summed E-state index contributed by atoms with van der Waals surface area (Å²) in [4.78, 5) is 0. The maximum atomic E-state index is 4.32. The molecule has 82 valence electrons. The van der Waals surface area contributed by atoms with Crippen molar-refractivity contribution >= 4 is 0 Å². The zero-order valence-corrected chi connectivity index (χ0v) is 9.37. The molecule has 1 aliphatic heterocycles. The third kappa shape index (κ3) is 1.26. The number of rotatable bonds is 2. The van der Waals surface area contributed by atoms with Crippen LogP contribution in [0.2, 0.25) is 0 Å². The first-order valence-corrected chi connectivity index (χ1v) is 6.05. The summed E-state index contributed by atoms with van der Waals surface area (Å²) in [7, 11) is 2.07. The molecular weight excluding hydrogens is 186 g/mol. The smallest absolute Gasteiger partial charge is 0.0492 e. The Kier molecular flexibility index (Phi) is 2.09. The second-order valence-corrected chi connectivity index (χ2v) is 5.00. The van der Waals surface area contributed by atoms with Crippen molar-refractivity contribution in [2.24, 2.45) is 7.05 Å². The van der Waals surface area contributed by atoms with Crippen molar-refractivity contribution in [3.63, 3.8) is 0 Å². The van der Waals surface area contributed by atoms with E-state index >= 15 is 0 Å². The average Bonchev–Trinajstić information content (AvgIpc) is 2.77. The fourth-order valence-corrected chi connectivity index (χ4v) is 3.36. The number of aryl methyl sites for hydroxylation is 1. The molecular formula is C12H19N3. The van der Waals surface area contributed by atoms with Crippen LogP contribution in [0.3, 0.4) is 0 Å². The van der Waals surface area contributed by atoms with Gasteiger partial charge in [0, 0.05) is 30.4 Å². The largest absolute Gasteiger partial charge is 0.313 e. The Balaban J connectivity index is 1.95. The maximum Gasteiger partial charge on any atom is 0.0492 e. The molecule has 3 heteroatoms. The first kappa shape index (κ1) is 9.40. The van der Waals surface area contributed by atoms with E-state index in [1.54, 1.807) is 0 Å². The molecule has 1 unspecified atom stereocenters. The van der Waals surface area contributed by atoms with E-state index in [0.717, 1.165) is 0 Å². The molecule has 0 aromatic carbocycles. The van der Waals surface area contributed by atoms with Crippen molar-refractivity contribution in [3.8, 4) is 0 Å². The number of nitrogens with one attached hydrogen (secondary N) is 1. The molecule has 2 heterocycles. The van der Waals surface area contributed by atoms with E-state index in [9.17, 15) is 0 Å². The zero-order chi connectivity index (χ0) is 10.3. The van der Waals surface area contributed by atoms with Crippen LogP contribution in [-0.4, -0.2) is 22.4 Å². The van der Waals surface area contributed by atoms with Gasteiger partial charge in [-0.15, -0.1) is 0 Å². The summed E-state index contributed by atoms with van der Waals surface area (Å²) in [5.41, 5.74) is 1.84. The van der Waals surface area contributed by atoms with Crippen molar-refractivity contribution in [1.82, 2.24) is 15.1 Å². The Bertz CT molecular complexity index is 346. The van der Waals surface area contributed by atoms with Crippen LogP contribution in [0.1, 0.15) is 37.8 Å². The van der Waals surface area contributed by atoms with Gasteiger partial charge < -0.3 is 5.32 Å². The second-order valence-electron chi connectivity index (χ2n) is 5.00. The molecule has 3 nitrogen and oxygen atoms in total. The first-order chi connectivity index (χ1) is 7.33. The molecule has 3 rings (SSSR count). The average molecular weight is 205 g/mol. The highest BCUT2D eigenvalue weighted by Crippen LogP contribution is 2.48. The molecule has 1 aromatic rings. The van der Waals surface area contributed by atoms with Crippen LogP contribution in [0, 0.1) is 0 Å². The van der Waals surface area contributed by atoms with Crippen LogP contribution in [-0.2, 0) is 12.5 Å². The van der Waals surface area contributed by atoms with Crippen LogP contribution in [0.4, 0.5) is 0 Å². The molecule has 0 bridgehead atoms. The monoisotopic (exact) mass is 205 g/mol. The topological polar surface area (TPSA) is 29.9 Å². The second kappa shape index (κ2) is 3.34. The molecule has 1 saturated heterocycles. The van der Waals surface area contributed by atoms with E-state index in [4.69, 9.17) is 0 Å². The van der Waals surface area contributed by atoms with E-state index in [1.165, 1.54) is 44.3 Å². The normalized spacial score (nSPS) is 29.0. The Labute approximate surface area is 90.9 Å². The molecule has 2 fully saturated rings. The number of nitrogens with zero attached hydrogens (tertiary/aromatic N) is 2. The molecule has 15 heavy (non-hydrogen) atoms. The maximum absolute atomic E-state index is 4.32. The number of hydrogen-bond donors (Lipinski definition) is 1. The lowest BCUT2D eigenvalue weighted by atomic mass is 9.61. The Hall–Kier alpha value is -0.830. The van der Waals surface area contributed by atoms with Crippen molar-refractivity contribution in [3.05, 3.63) is 18.0 Å². The fraction of sp³-hybridized carbons (Fsp3) is 0.750. The molecule has 1 atom stereocenters. The highest BCUT2D eigenvalue weighted by molar-refractivity contribution is 5.24. The van der Waals surface area contributed by atoms with Crippen molar-refractivity contribution < 1.29 is 0 Å². The highest BCUT2D eigenvalue weighted by Gasteiger charge is 2.47. The van der Waals surface area contributed by atoms with Crippen LogP contribution in [0.5, 0.6) is 0 Å².